The van der Waals surface area contributed by atoms with E-state index >= 15 is 0 Å². The van der Waals surface area contributed by atoms with Crippen LogP contribution < -0.4 is 5.32 Å². The molecule has 108 valence electrons. The van der Waals surface area contributed by atoms with Crippen molar-refractivity contribution in [3.05, 3.63) is 34.9 Å². The summed E-state index contributed by atoms with van der Waals surface area (Å²) in [6, 6.07) is 6.75. The van der Waals surface area contributed by atoms with Crippen LogP contribution in [0.2, 0.25) is 0 Å². The lowest BCUT2D eigenvalue weighted by Gasteiger charge is -2.19. The Kier molecular flexibility index (Phi) is 4.06. The van der Waals surface area contributed by atoms with Gasteiger partial charge in [-0.1, -0.05) is 18.6 Å². The molecule has 3 heteroatoms. The van der Waals surface area contributed by atoms with Gasteiger partial charge < -0.3 is 10.2 Å². The fourth-order valence-electron chi connectivity index (χ4n) is 3.51. The molecule has 1 aromatic rings. The highest BCUT2D eigenvalue weighted by Gasteiger charge is 2.27. The van der Waals surface area contributed by atoms with Crippen molar-refractivity contribution >= 4 is 5.91 Å². The minimum absolute atomic E-state index is 0.238. The zero-order valence-electron chi connectivity index (χ0n) is 12.3. The maximum Gasteiger partial charge on any atom is 0.254 e. The lowest BCUT2D eigenvalue weighted by molar-refractivity contribution is 0.0788. The summed E-state index contributed by atoms with van der Waals surface area (Å²) in [6.07, 6.45) is 7.04. The van der Waals surface area contributed by atoms with Crippen LogP contribution in [0.5, 0.6) is 0 Å². The number of likely N-dealkylation sites (N-methyl/N-ethyl adjacent to an activating group) is 1. The molecule has 1 N–H and O–H groups in total. The summed E-state index contributed by atoms with van der Waals surface area (Å²) in [7, 11) is 1.98. The molecule has 1 heterocycles. The monoisotopic (exact) mass is 272 g/mol. The number of aryl methyl sites for hydroxylation is 1. The summed E-state index contributed by atoms with van der Waals surface area (Å²) in [6.45, 7) is 1.73. The normalized spacial score (nSPS) is 22.4. The van der Waals surface area contributed by atoms with Crippen LogP contribution in [0.1, 0.15) is 47.2 Å². The molecule has 3 rings (SSSR count). The van der Waals surface area contributed by atoms with Gasteiger partial charge in [0.15, 0.2) is 0 Å². The highest BCUT2D eigenvalue weighted by atomic mass is 16.2. The maximum absolute atomic E-state index is 12.8. The summed E-state index contributed by atoms with van der Waals surface area (Å²) >= 11 is 0. The molecule has 3 nitrogen and oxygen atoms in total. The number of benzene rings is 1. The Bertz CT molecular complexity index is 498. The second-order valence-electron chi connectivity index (χ2n) is 6.03. The van der Waals surface area contributed by atoms with Crippen LogP contribution in [0, 0.1) is 0 Å². The van der Waals surface area contributed by atoms with Crippen molar-refractivity contribution in [2.45, 2.75) is 44.6 Å². The molecular weight excluding hydrogens is 248 g/mol. The lowest BCUT2D eigenvalue weighted by Crippen LogP contribution is -2.34. The number of hydrogen-bond donors (Lipinski definition) is 1. The van der Waals surface area contributed by atoms with Gasteiger partial charge in [-0.15, -0.1) is 0 Å². The predicted octanol–water partition coefficient (Wildman–Crippen LogP) is 2.39. The van der Waals surface area contributed by atoms with Crippen LogP contribution in [0.3, 0.4) is 0 Å². The van der Waals surface area contributed by atoms with Gasteiger partial charge in [-0.05, 0) is 56.3 Å². The number of amides is 1. The Morgan fingerprint density at radius 1 is 1.25 bits per heavy atom. The summed E-state index contributed by atoms with van der Waals surface area (Å²) in [5.41, 5.74) is 3.68. The number of nitrogens with zero attached hydrogens (tertiary/aromatic N) is 1. The first-order chi connectivity index (χ1) is 9.79. The summed E-state index contributed by atoms with van der Waals surface area (Å²) in [4.78, 5) is 14.8. The lowest BCUT2D eigenvalue weighted by atomic mass is 9.96. The second kappa shape index (κ2) is 5.96. The first kappa shape index (κ1) is 13.6. The number of nitrogens with one attached hydrogen (secondary N) is 1. The molecule has 1 fully saturated rings. The molecule has 0 saturated carbocycles. The fraction of sp³-hybridized carbons (Fsp3) is 0.588. The third kappa shape index (κ3) is 2.59. The fourth-order valence-corrected chi connectivity index (χ4v) is 3.51. The highest BCUT2D eigenvalue weighted by Crippen LogP contribution is 2.25. The van der Waals surface area contributed by atoms with Gasteiger partial charge in [0, 0.05) is 24.7 Å². The third-order valence-corrected chi connectivity index (χ3v) is 4.76. The number of carbonyl (C=O) groups is 1. The molecule has 0 spiro atoms. The van der Waals surface area contributed by atoms with E-state index in [-0.39, 0.29) is 5.91 Å². The molecule has 1 saturated heterocycles. The van der Waals surface area contributed by atoms with Crippen molar-refractivity contribution in [2.75, 3.05) is 20.1 Å². The van der Waals surface area contributed by atoms with Gasteiger partial charge in [-0.2, -0.15) is 0 Å². The Morgan fingerprint density at radius 2 is 2.10 bits per heavy atom. The van der Waals surface area contributed by atoms with Gasteiger partial charge in [0.25, 0.3) is 5.91 Å². The molecule has 20 heavy (non-hydrogen) atoms. The minimum Gasteiger partial charge on any atom is -0.337 e. The second-order valence-corrected chi connectivity index (χ2v) is 6.03. The van der Waals surface area contributed by atoms with Crippen LogP contribution in [-0.4, -0.2) is 37.0 Å². The molecule has 0 radical (unpaired) electrons. The van der Waals surface area contributed by atoms with Crippen LogP contribution in [0.4, 0.5) is 0 Å². The Morgan fingerprint density at radius 3 is 2.90 bits per heavy atom. The summed E-state index contributed by atoms with van der Waals surface area (Å²) in [5, 5.41) is 3.28. The first-order valence-corrected chi connectivity index (χ1v) is 7.87. The molecule has 1 unspecified atom stereocenters. The number of rotatable bonds is 2. The third-order valence-electron chi connectivity index (χ3n) is 4.76. The Hall–Kier alpha value is -1.35. The van der Waals surface area contributed by atoms with E-state index in [1.54, 1.807) is 0 Å². The SMILES string of the molecule is CNC1CCN(C(=O)c2cccc3c2CCCCC3)C1. The molecular formula is C17H24N2O. The number of fused-ring (bicyclic) bond motifs is 1. The van der Waals surface area contributed by atoms with E-state index < -0.39 is 0 Å². The van der Waals surface area contributed by atoms with Gasteiger partial charge in [0.2, 0.25) is 0 Å². The van der Waals surface area contributed by atoms with E-state index in [2.05, 4.69) is 17.4 Å². The zero-order valence-corrected chi connectivity index (χ0v) is 12.3. The van der Waals surface area contributed by atoms with Gasteiger partial charge in [0.05, 0.1) is 0 Å². The van der Waals surface area contributed by atoms with Gasteiger partial charge in [-0.25, -0.2) is 0 Å². The van der Waals surface area contributed by atoms with E-state index in [9.17, 15) is 4.79 Å². The van der Waals surface area contributed by atoms with Crippen molar-refractivity contribution in [3.63, 3.8) is 0 Å². The van der Waals surface area contributed by atoms with E-state index in [0.29, 0.717) is 6.04 Å². The quantitative estimate of drug-likeness (QED) is 0.838. The van der Waals surface area contributed by atoms with Gasteiger partial charge >= 0.3 is 0 Å². The van der Waals surface area contributed by atoms with E-state index in [4.69, 9.17) is 0 Å². The molecule has 1 amide bonds. The maximum atomic E-state index is 12.8. The number of carbonyl (C=O) groups excluding carboxylic acids is 1. The van der Waals surface area contributed by atoms with E-state index in [0.717, 1.165) is 37.9 Å². The Balaban J connectivity index is 1.85. The highest BCUT2D eigenvalue weighted by molar-refractivity contribution is 5.96. The molecule has 1 aliphatic carbocycles. The smallest absolute Gasteiger partial charge is 0.254 e. The minimum atomic E-state index is 0.238. The average Bonchev–Trinajstić information content (AvgIpc) is 2.83. The van der Waals surface area contributed by atoms with Crippen LogP contribution in [0.15, 0.2) is 18.2 Å². The van der Waals surface area contributed by atoms with Crippen molar-refractivity contribution < 1.29 is 4.79 Å². The van der Waals surface area contributed by atoms with Crippen molar-refractivity contribution in [1.29, 1.82) is 0 Å². The van der Waals surface area contributed by atoms with Crippen molar-refractivity contribution in [3.8, 4) is 0 Å². The van der Waals surface area contributed by atoms with E-state index in [1.807, 2.05) is 18.0 Å². The van der Waals surface area contributed by atoms with Crippen molar-refractivity contribution in [1.82, 2.24) is 10.2 Å². The standard InChI is InChI=1S/C17H24N2O/c1-18-14-10-11-19(12-14)17(20)16-9-5-7-13-6-3-2-4-8-15(13)16/h5,7,9,14,18H,2-4,6,8,10-12H2,1H3. The number of likely N-dealkylation sites (tertiary alicyclic amines) is 1. The topological polar surface area (TPSA) is 32.3 Å². The molecule has 0 aromatic heterocycles. The van der Waals surface area contributed by atoms with Crippen LogP contribution >= 0.6 is 0 Å². The summed E-state index contributed by atoms with van der Waals surface area (Å²) < 4.78 is 0. The van der Waals surface area contributed by atoms with E-state index in [1.165, 1.54) is 30.4 Å². The van der Waals surface area contributed by atoms with Crippen LogP contribution in [-0.2, 0) is 12.8 Å². The summed E-state index contributed by atoms with van der Waals surface area (Å²) in [5.74, 6) is 0.238. The molecule has 2 aliphatic rings. The van der Waals surface area contributed by atoms with Crippen molar-refractivity contribution in [2.24, 2.45) is 0 Å². The number of hydrogen-bond acceptors (Lipinski definition) is 2. The van der Waals surface area contributed by atoms with Gasteiger partial charge in [-0.3, -0.25) is 4.79 Å². The molecule has 1 atom stereocenters. The Labute approximate surface area is 121 Å². The largest absolute Gasteiger partial charge is 0.337 e. The predicted molar refractivity (Wildman–Crippen MR) is 81.1 cm³/mol. The molecule has 0 bridgehead atoms. The molecule has 1 aromatic carbocycles. The first-order valence-electron chi connectivity index (χ1n) is 7.87. The average molecular weight is 272 g/mol. The van der Waals surface area contributed by atoms with Gasteiger partial charge in [0.1, 0.15) is 0 Å². The molecule has 1 aliphatic heterocycles. The zero-order chi connectivity index (χ0) is 13.9. The van der Waals surface area contributed by atoms with Crippen LogP contribution in [0.25, 0.3) is 0 Å².